The van der Waals surface area contributed by atoms with Crippen LogP contribution in [0.1, 0.15) is 18.5 Å². The second-order valence-electron chi connectivity index (χ2n) is 6.86. The number of nitrogens with zero attached hydrogens (tertiary/aromatic N) is 3. The van der Waals surface area contributed by atoms with Crippen LogP contribution >= 0.6 is 0 Å². The summed E-state index contributed by atoms with van der Waals surface area (Å²) in [5, 5.41) is 3.11. The highest BCUT2D eigenvalue weighted by Crippen LogP contribution is 2.12. The van der Waals surface area contributed by atoms with Crippen molar-refractivity contribution in [1.82, 2.24) is 20.0 Å². The second-order valence-corrected chi connectivity index (χ2v) is 6.86. The molecule has 0 saturated carbocycles. The third-order valence-electron chi connectivity index (χ3n) is 5.14. The predicted octanol–water partition coefficient (Wildman–Crippen LogP) is 1.41. The Morgan fingerprint density at radius 3 is 2.24 bits per heavy atom. The van der Waals surface area contributed by atoms with E-state index in [0.29, 0.717) is 0 Å². The maximum Gasteiger partial charge on any atom is 0.317 e. The van der Waals surface area contributed by atoms with Crippen LogP contribution in [0.25, 0.3) is 0 Å². The van der Waals surface area contributed by atoms with E-state index in [1.54, 1.807) is 0 Å². The fourth-order valence-corrected chi connectivity index (χ4v) is 3.38. The van der Waals surface area contributed by atoms with Gasteiger partial charge in [0.25, 0.3) is 0 Å². The molecule has 3 rings (SSSR count). The van der Waals surface area contributed by atoms with Gasteiger partial charge in [-0.2, -0.15) is 0 Å². The van der Waals surface area contributed by atoms with Crippen LogP contribution in [-0.2, 0) is 4.74 Å². The Morgan fingerprint density at radius 1 is 1.00 bits per heavy atom. The number of nitrogens with one attached hydrogen (secondary N) is 1. The Bertz CT molecular complexity index is 525. The van der Waals surface area contributed by atoms with Crippen LogP contribution in [0.3, 0.4) is 0 Å². The van der Waals surface area contributed by atoms with E-state index in [-0.39, 0.29) is 12.1 Å². The first kappa shape index (κ1) is 18.2. The quantitative estimate of drug-likeness (QED) is 0.876. The number of carbonyl (C=O) groups is 1. The summed E-state index contributed by atoms with van der Waals surface area (Å²) in [7, 11) is 0. The Morgan fingerprint density at radius 2 is 1.60 bits per heavy atom. The summed E-state index contributed by atoms with van der Waals surface area (Å²) in [4.78, 5) is 19.3. The first-order chi connectivity index (χ1) is 12.2. The van der Waals surface area contributed by atoms with Crippen molar-refractivity contribution in [2.75, 3.05) is 65.6 Å². The molecule has 6 heteroatoms. The summed E-state index contributed by atoms with van der Waals surface area (Å²) in [5.74, 6) is 0. The zero-order chi connectivity index (χ0) is 17.5. The fraction of sp³-hybridized carbons (Fsp3) is 0.632. The molecule has 1 unspecified atom stereocenters. The number of benzene rings is 1. The number of urea groups is 1. The summed E-state index contributed by atoms with van der Waals surface area (Å²) >= 11 is 0. The number of piperazine rings is 1. The van der Waals surface area contributed by atoms with Crippen LogP contribution in [0, 0.1) is 0 Å². The zero-order valence-corrected chi connectivity index (χ0v) is 15.2. The topological polar surface area (TPSA) is 48.1 Å². The third-order valence-corrected chi connectivity index (χ3v) is 5.14. The van der Waals surface area contributed by atoms with Crippen molar-refractivity contribution in [3.8, 4) is 0 Å². The SMILES string of the molecule is CC(NC(=O)N1CCN(CCN2CCOCC2)CC1)c1ccccc1. The van der Waals surface area contributed by atoms with Crippen LogP contribution in [-0.4, -0.2) is 86.3 Å². The first-order valence-electron chi connectivity index (χ1n) is 9.35. The lowest BCUT2D eigenvalue weighted by atomic mass is 10.1. The molecule has 2 amide bonds. The van der Waals surface area contributed by atoms with Gasteiger partial charge < -0.3 is 15.0 Å². The van der Waals surface area contributed by atoms with E-state index in [2.05, 4.69) is 27.2 Å². The van der Waals surface area contributed by atoms with Crippen LogP contribution < -0.4 is 5.32 Å². The average Bonchev–Trinajstić information content (AvgIpc) is 2.68. The lowest BCUT2D eigenvalue weighted by molar-refractivity contribution is 0.0309. The van der Waals surface area contributed by atoms with Crippen molar-refractivity contribution in [1.29, 1.82) is 0 Å². The third kappa shape index (κ3) is 5.42. The van der Waals surface area contributed by atoms with Gasteiger partial charge in [-0.3, -0.25) is 9.80 Å². The molecule has 0 aromatic heterocycles. The summed E-state index contributed by atoms with van der Waals surface area (Å²) in [6.07, 6.45) is 0. The molecule has 1 aromatic carbocycles. The number of amides is 2. The summed E-state index contributed by atoms with van der Waals surface area (Å²) in [6, 6.07) is 10.2. The van der Waals surface area contributed by atoms with Gasteiger partial charge in [-0.25, -0.2) is 4.79 Å². The van der Waals surface area contributed by atoms with Gasteiger partial charge >= 0.3 is 6.03 Å². The second kappa shape index (κ2) is 9.17. The van der Waals surface area contributed by atoms with Gasteiger partial charge in [0.05, 0.1) is 19.3 Å². The van der Waals surface area contributed by atoms with Gasteiger partial charge in [-0.05, 0) is 12.5 Å². The summed E-state index contributed by atoms with van der Waals surface area (Å²) in [5.41, 5.74) is 1.14. The van der Waals surface area contributed by atoms with Gasteiger partial charge in [0.15, 0.2) is 0 Å². The molecule has 2 aliphatic rings. The van der Waals surface area contributed by atoms with Gasteiger partial charge in [0.2, 0.25) is 0 Å². The Balaban J connectivity index is 1.37. The van der Waals surface area contributed by atoms with E-state index in [0.717, 1.165) is 71.1 Å². The number of rotatable bonds is 5. The molecule has 138 valence electrons. The molecular weight excluding hydrogens is 316 g/mol. The van der Waals surface area contributed by atoms with Gasteiger partial charge in [0.1, 0.15) is 0 Å². The van der Waals surface area contributed by atoms with Crippen molar-refractivity contribution < 1.29 is 9.53 Å². The number of ether oxygens (including phenoxy) is 1. The molecule has 2 heterocycles. The van der Waals surface area contributed by atoms with E-state index in [9.17, 15) is 4.79 Å². The van der Waals surface area contributed by atoms with E-state index in [4.69, 9.17) is 4.74 Å². The fourth-order valence-electron chi connectivity index (χ4n) is 3.38. The molecule has 25 heavy (non-hydrogen) atoms. The number of carbonyl (C=O) groups excluding carboxylic acids is 1. The largest absolute Gasteiger partial charge is 0.379 e. The lowest BCUT2D eigenvalue weighted by Crippen LogP contribution is -2.53. The average molecular weight is 346 g/mol. The molecule has 6 nitrogen and oxygen atoms in total. The lowest BCUT2D eigenvalue weighted by Gasteiger charge is -2.36. The normalized spacial score (nSPS) is 21.1. The molecule has 0 bridgehead atoms. The minimum atomic E-state index is 0.0352. The number of hydrogen-bond donors (Lipinski definition) is 1. The summed E-state index contributed by atoms with van der Waals surface area (Å²) < 4.78 is 5.39. The summed E-state index contributed by atoms with van der Waals surface area (Å²) in [6.45, 7) is 11.5. The van der Waals surface area contributed by atoms with Crippen LogP contribution in [0.5, 0.6) is 0 Å². The molecule has 2 saturated heterocycles. The Labute approximate surface area is 150 Å². The Hall–Kier alpha value is -1.63. The first-order valence-corrected chi connectivity index (χ1v) is 9.35. The monoisotopic (exact) mass is 346 g/mol. The number of hydrogen-bond acceptors (Lipinski definition) is 4. The standard InChI is InChI=1S/C19H30N4O2/c1-17(18-5-3-2-4-6-18)20-19(24)23-11-9-21(10-12-23)7-8-22-13-15-25-16-14-22/h2-6,17H,7-16H2,1H3,(H,20,24). The molecule has 1 N–H and O–H groups in total. The zero-order valence-electron chi connectivity index (χ0n) is 15.2. The molecular formula is C19H30N4O2. The number of morpholine rings is 1. The van der Waals surface area contributed by atoms with Crippen molar-refractivity contribution in [3.63, 3.8) is 0 Å². The maximum atomic E-state index is 12.5. The van der Waals surface area contributed by atoms with E-state index < -0.39 is 0 Å². The molecule has 0 spiro atoms. The predicted molar refractivity (Wildman–Crippen MR) is 98.7 cm³/mol. The van der Waals surface area contributed by atoms with Crippen LogP contribution in [0.2, 0.25) is 0 Å². The maximum absolute atomic E-state index is 12.5. The van der Waals surface area contributed by atoms with E-state index >= 15 is 0 Å². The molecule has 2 fully saturated rings. The highest BCUT2D eigenvalue weighted by molar-refractivity contribution is 5.74. The Kier molecular flexibility index (Phi) is 6.67. The van der Waals surface area contributed by atoms with Crippen LogP contribution in [0.4, 0.5) is 4.79 Å². The minimum Gasteiger partial charge on any atom is -0.379 e. The molecule has 0 radical (unpaired) electrons. The molecule has 2 aliphatic heterocycles. The van der Waals surface area contributed by atoms with Gasteiger partial charge in [0, 0.05) is 52.4 Å². The van der Waals surface area contributed by atoms with Gasteiger partial charge in [-0.1, -0.05) is 30.3 Å². The molecule has 1 atom stereocenters. The molecule has 0 aliphatic carbocycles. The van der Waals surface area contributed by atoms with Gasteiger partial charge in [-0.15, -0.1) is 0 Å². The van der Waals surface area contributed by atoms with E-state index in [1.165, 1.54) is 0 Å². The molecule has 1 aromatic rings. The highest BCUT2D eigenvalue weighted by atomic mass is 16.5. The smallest absolute Gasteiger partial charge is 0.317 e. The van der Waals surface area contributed by atoms with Crippen LogP contribution in [0.15, 0.2) is 30.3 Å². The van der Waals surface area contributed by atoms with E-state index in [1.807, 2.05) is 30.0 Å². The van der Waals surface area contributed by atoms with Crippen molar-refractivity contribution in [2.45, 2.75) is 13.0 Å². The highest BCUT2D eigenvalue weighted by Gasteiger charge is 2.22. The van der Waals surface area contributed by atoms with Crippen molar-refractivity contribution in [3.05, 3.63) is 35.9 Å². The van der Waals surface area contributed by atoms with Crippen molar-refractivity contribution in [2.24, 2.45) is 0 Å². The minimum absolute atomic E-state index is 0.0352. The van der Waals surface area contributed by atoms with Crippen molar-refractivity contribution >= 4 is 6.03 Å².